The number of nitrogens with one attached hydrogen (secondary N) is 1. The number of hydrogen-bond acceptors (Lipinski definition) is 5. The van der Waals surface area contributed by atoms with E-state index in [1.807, 2.05) is 11.4 Å². The van der Waals surface area contributed by atoms with E-state index in [-0.39, 0.29) is 5.56 Å². The summed E-state index contributed by atoms with van der Waals surface area (Å²) in [5.74, 6) is 0.773. The van der Waals surface area contributed by atoms with Crippen molar-refractivity contribution in [3.8, 4) is 0 Å². The highest BCUT2D eigenvalue weighted by molar-refractivity contribution is 7.17. The van der Waals surface area contributed by atoms with Crippen LogP contribution < -0.4 is 5.56 Å². The number of hydrogen-bond donors (Lipinski definition) is 1. The molecule has 0 saturated heterocycles. The molecule has 6 heteroatoms. The van der Waals surface area contributed by atoms with Crippen molar-refractivity contribution in [1.82, 2.24) is 14.9 Å². The number of aromatic amines is 1. The quantitative estimate of drug-likeness (QED) is 0.786. The van der Waals surface area contributed by atoms with E-state index in [2.05, 4.69) is 32.4 Å². The summed E-state index contributed by atoms with van der Waals surface area (Å²) < 4.78 is 0.718. The van der Waals surface area contributed by atoms with Gasteiger partial charge in [-0.1, -0.05) is 6.07 Å². The van der Waals surface area contributed by atoms with Crippen LogP contribution in [-0.2, 0) is 13.1 Å². The van der Waals surface area contributed by atoms with Crippen molar-refractivity contribution in [3.05, 3.63) is 50.0 Å². The molecule has 4 nitrogen and oxygen atoms in total. The summed E-state index contributed by atoms with van der Waals surface area (Å²) in [7, 11) is 0. The van der Waals surface area contributed by atoms with Gasteiger partial charge >= 0.3 is 0 Å². The highest BCUT2D eigenvalue weighted by Gasteiger charge is 2.29. The second kappa shape index (κ2) is 5.36. The van der Waals surface area contributed by atoms with Crippen LogP contribution in [0.1, 0.15) is 23.5 Å². The largest absolute Gasteiger partial charge is 0.308 e. The predicted molar refractivity (Wildman–Crippen MR) is 86.8 cm³/mol. The van der Waals surface area contributed by atoms with Crippen molar-refractivity contribution in [3.63, 3.8) is 0 Å². The first-order valence-electron chi connectivity index (χ1n) is 7.02. The maximum Gasteiger partial charge on any atom is 0.268 e. The topological polar surface area (TPSA) is 49.0 Å². The molecule has 1 aliphatic carbocycles. The molecular weight excluding hydrogens is 302 g/mol. The lowest BCUT2D eigenvalue weighted by Gasteiger charge is -2.20. The Balaban J connectivity index is 1.60. The third-order valence-corrected chi connectivity index (χ3v) is 5.48. The van der Waals surface area contributed by atoms with Crippen LogP contribution in [0.2, 0.25) is 0 Å². The van der Waals surface area contributed by atoms with E-state index in [4.69, 9.17) is 0 Å². The summed E-state index contributed by atoms with van der Waals surface area (Å²) in [4.78, 5) is 23.4. The van der Waals surface area contributed by atoms with Crippen LogP contribution >= 0.6 is 22.7 Å². The van der Waals surface area contributed by atoms with Gasteiger partial charge in [-0.25, -0.2) is 4.98 Å². The fourth-order valence-electron chi connectivity index (χ4n) is 2.55. The van der Waals surface area contributed by atoms with E-state index >= 15 is 0 Å². The molecule has 0 aromatic carbocycles. The van der Waals surface area contributed by atoms with Crippen LogP contribution in [0.3, 0.4) is 0 Å². The van der Waals surface area contributed by atoms with Gasteiger partial charge in [0.2, 0.25) is 0 Å². The van der Waals surface area contributed by atoms with Gasteiger partial charge in [0, 0.05) is 17.5 Å². The zero-order valence-corrected chi connectivity index (χ0v) is 13.0. The molecule has 0 atom stereocenters. The lowest BCUT2D eigenvalue weighted by atomic mass is 10.3. The Labute approximate surface area is 130 Å². The minimum Gasteiger partial charge on any atom is -0.308 e. The fraction of sp³-hybridized carbons (Fsp3) is 0.333. The maximum atomic E-state index is 12.0. The Bertz CT molecular complexity index is 802. The van der Waals surface area contributed by atoms with Crippen LogP contribution in [0.5, 0.6) is 0 Å². The van der Waals surface area contributed by atoms with Gasteiger partial charge in [-0.05, 0) is 35.7 Å². The summed E-state index contributed by atoms with van der Waals surface area (Å²) in [6, 6.07) is 6.80. The molecule has 1 fully saturated rings. The van der Waals surface area contributed by atoms with Crippen LogP contribution in [-0.4, -0.2) is 20.9 Å². The average molecular weight is 317 g/mol. The lowest BCUT2D eigenvalue weighted by Crippen LogP contribution is -2.27. The Morgan fingerprint density at radius 3 is 2.90 bits per heavy atom. The first-order valence-corrected chi connectivity index (χ1v) is 8.78. The zero-order chi connectivity index (χ0) is 14.2. The van der Waals surface area contributed by atoms with Crippen LogP contribution in [0.15, 0.2) is 33.8 Å². The molecule has 0 aliphatic heterocycles. The molecule has 3 aromatic rings. The monoisotopic (exact) mass is 317 g/mol. The minimum absolute atomic E-state index is 0.0168. The highest BCUT2D eigenvalue weighted by Crippen LogP contribution is 2.30. The number of rotatable bonds is 5. The molecule has 0 spiro atoms. The zero-order valence-electron chi connectivity index (χ0n) is 11.4. The molecule has 1 N–H and O–H groups in total. The van der Waals surface area contributed by atoms with Crippen molar-refractivity contribution in [2.45, 2.75) is 32.0 Å². The van der Waals surface area contributed by atoms with E-state index in [0.717, 1.165) is 22.6 Å². The molecule has 0 unspecified atom stereocenters. The summed E-state index contributed by atoms with van der Waals surface area (Å²) in [6.45, 7) is 1.65. The Morgan fingerprint density at radius 2 is 2.14 bits per heavy atom. The number of thiophene rings is 2. The van der Waals surface area contributed by atoms with E-state index < -0.39 is 0 Å². The number of nitrogens with zero attached hydrogens (tertiary/aromatic N) is 2. The molecular formula is C15H15N3OS2. The second-order valence-corrected chi connectivity index (χ2v) is 7.31. The van der Waals surface area contributed by atoms with Gasteiger partial charge in [-0.15, -0.1) is 22.7 Å². The molecule has 108 valence electrons. The lowest BCUT2D eigenvalue weighted by molar-refractivity contribution is 0.242. The Morgan fingerprint density at radius 1 is 1.24 bits per heavy atom. The molecule has 1 saturated carbocycles. The summed E-state index contributed by atoms with van der Waals surface area (Å²) in [5.41, 5.74) is 0.794. The second-order valence-electron chi connectivity index (χ2n) is 5.36. The van der Waals surface area contributed by atoms with E-state index in [0.29, 0.717) is 12.6 Å². The standard InChI is InChI=1S/C15H15N3OS2/c19-15-14-12(5-7-21-14)16-13(17-15)9-18(10-3-4-10)8-11-2-1-6-20-11/h1-2,5-7,10H,3-4,8-9H2,(H,16,17,19). The van der Waals surface area contributed by atoms with Crippen LogP contribution in [0, 0.1) is 0 Å². The molecule has 3 aromatic heterocycles. The minimum atomic E-state index is -0.0168. The van der Waals surface area contributed by atoms with Gasteiger partial charge in [-0.2, -0.15) is 0 Å². The SMILES string of the molecule is O=c1[nH]c(CN(Cc2cccs2)C2CC2)nc2ccsc12. The predicted octanol–water partition coefficient (Wildman–Crippen LogP) is 3.21. The highest BCUT2D eigenvalue weighted by atomic mass is 32.1. The van der Waals surface area contributed by atoms with Crippen molar-refractivity contribution < 1.29 is 0 Å². The van der Waals surface area contributed by atoms with E-state index in [9.17, 15) is 4.79 Å². The van der Waals surface area contributed by atoms with Gasteiger partial charge < -0.3 is 4.98 Å². The number of H-pyrrole nitrogens is 1. The molecule has 0 bridgehead atoms. The maximum absolute atomic E-state index is 12.0. The van der Waals surface area contributed by atoms with Gasteiger partial charge in [-0.3, -0.25) is 9.69 Å². The Kier molecular flexibility index (Phi) is 3.37. The van der Waals surface area contributed by atoms with Crippen molar-refractivity contribution in [2.24, 2.45) is 0 Å². The normalized spacial score (nSPS) is 15.1. The van der Waals surface area contributed by atoms with E-state index in [1.165, 1.54) is 29.1 Å². The van der Waals surface area contributed by atoms with Crippen LogP contribution in [0.25, 0.3) is 10.2 Å². The van der Waals surface area contributed by atoms with Crippen molar-refractivity contribution in [2.75, 3.05) is 0 Å². The Hall–Kier alpha value is -1.50. The summed E-state index contributed by atoms with van der Waals surface area (Å²) >= 11 is 3.23. The smallest absolute Gasteiger partial charge is 0.268 e. The van der Waals surface area contributed by atoms with Gasteiger partial charge in [0.1, 0.15) is 10.5 Å². The summed E-state index contributed by atoms with van der Waals surface area (Å²) in [5, 5.41) is 4.03. The first-order chi connectivity index (χ1) is 10.3. The molecule has 4 rings (SSSR count). The van der Waals surface area contributed by atoms with E-state index in [1.54, 1.807) is 11.3 Å². The van der Waals surface area contributed by atoms with Crippen molar-refractivity contribution in [1.29, 1.82) is 0 Å². The van der Waals surface area contributed by atoms with Gasteiger partial charge in [0.05, 0.1) is 12.1 Å². The average Bonchev–Trinajstić information content (AvgIpc) is 2.98. The molecule has 3 heterocycles. The van der Waals surface area contributed by atoms with Crippen LogP contribution in [0.4, 0.5) is 0 Å². The fourth-order valence-corrected chi connectivity index (χ4v) is 4.00. The molecule has 0 amide bonds. The summed E-state index contributed by atoms with van der Waals surface area (Å²) in [6.07, 6.45) is 2.49. The number of fused-ring (bicyclic) bond motifs is 1. The molecule has 0 radical (unpaired) electrons. The number of aromatic nitrogens is 2. The van der Waals surface area contributed by atoms with Crippen molar-refractivity contribution >= 4 is 32.9 Å². The molecule has 1 aliphatic rings. The van der Waals surface area contributed by atoms with Gasteiger partial charge in [0.15, 0.2) is 0 Å². The third-order valence-electron chi connectivity index (χ3n) is 3.72. The first kappa shape index (κ1) is 13.2. The third kappa shape index (κ3) is 2.79. The molecule has 21 heavy (non-hydrogen) atoms. The van der Waals surface area contributed by atoms with Gasteiger partial charge in [0.25, 0.3) is 5.56 Å².